The Hall–Kier alpha value is -2.76. The Morgan fingerprint density at radius 1 is 1.27 bits per heavy atom. The van der Waals surface area contributed by atoms with Gasteiger partial charge in [-0.15, -0.1) is 0 Å². The van der Waals surface area contributed by atoms with Gasteiger partial charge in [-0.2, -0.15) is 5.10 Å². The summed E-state index contributed by atoms with van der Waals surface area (Å²) in [6.07, 6.45) is 7.47. The van der Waals surface area contributed by atoms with Gasteiger partial charge in [0, 0.05) is 30.8 Å². The summed E-state index contributed by atoms with van der Waals surface area (Å²) in [6.45, 7) is 1.93. The number of hydrogen-bond donors (Lipinski definition) is 4. The maximum absolute atomic E-state index is 9.45. The molecule has 30 heavy (non-hydrogen) atoms. The molecule has 4 N–H and O–H groups in total. The number of imidazole rings is 1. The van der Waals surface area contributed by atoms with Crippen LogP contribution in [0.5, 0.6) is 5.75 Å². The number of hydrogen-bond acceptors (Lipinski definition) is 9. The smallest absolute Gasteiger partial charge is 0.259 e. The van der Waals surface area contributed by atoms with E-state index in [1.165, 1.54) is 0 Å². The second kappa shape index (κ2) is 7.49. The van der Waals surface area contributed by atoms with Gasteiger partial charge in [-0.25, -0.2) is 19.5 Å². The maximum atomic E-state index is 9.45. The normalized spacial score (nSPS) is 19.7. The highest BCUT2D eigenvalue weighted by molar-refractivity contribution is 6.12. The van der Waals surface area contributed by atoms with E-state index in [1.54, 1.807) is 23.0 Å². The molecule has 3 aromatic heterocycles. The van der Waals surface area contributed by atoms with E-state index in [-0.39, 0.29) is 11.7 Å². The van der Waals surface area contributed by atoms with Crippen molar-refractivity contribution >= 4 is 19.4 Å². The fourth-order valence-corrected chi connectivity index (χ4v) is 3.70. The van der Waals surface area contributed by atoms with Crippen molar-refractivity contribution in [3.8, 4) is 17.1 Å². The number of fused-ring (bicyclic) bond motifs is 1. The molecule has 2 fully saturated rings. The Morgan fingerprint density at radius 2 is 2.13 bits per heavy atom. The lowest BCUT2D eigenvalue weighted by Crippen LogP contribution is -2.38. The second-order valence-corrected chi connectivity index (χ2v) is 7.80. The first-order valence-corrected chi connectivity index (χ1v) is 10.1. The monoisotopic (exact) mass is 407 g/mol. The molecular formula is C19H22BN7O3. The molecule has 0 aromatic carbocycles. The van der Waals surface area contributed by atoms with Gasteiger partial charge in [-0.1, -0.05) is 0 Å². The van der Waals surface area contributed by atoms with Crippen molar-refractivity contribution in [3.05, 3.63) is 30.2 Å². The number of nitrogens with zero attached hydrogens (tertiary/aromatic N) is 5. The third-order valence-corrected chi connectivity index (χ3v) is 5.26. The van der Waals surface area contributed by atoms with Gasteiger partial charge in [0.05, 0.1) is 11.9 Å². The number of anilines is 1. The highest BCUT2D eigenvalue weighted by atomic mass is 16.8. The molecule has 1 saturated carbocycles. The molecule has 1 atom stereocenters. The summed E-state index contributed by atoms with van der Waals surface area (Å²) in [7, 11) is 5.20. The number of aromatic nitrogens is 5. The van der Waals surface area contributed by atoms with Crippen LogP contribution in [0.1, 0.15) is 37.3 Å². The highest BCUT2D eigenvalue weighted by Gasteiger charge is 2.32. The quantitative estimate of drug-likeness (QED) is 0.338. The third kappa shape index (κ3) is 4.09. The molecule has 1 aliphatic carbocycles. The molecule has 3 aromatic rings. The summed E-state index contributed by atoms with van der Waals surface area (Å²) in [6, 6.07) is 3.71. The predicted molar refractivity (Wildman–Crippen MR) is 109 cm³/mol. The van der Waals surface area contributed by atoms with Crippen LogP contribution < -0.4 is 15.4 Å². The molecule has 154 valence electrons. The minimum absolute atomic E-state index is 0.184. The Kier molecular flexibility index (Phi) is 4.80. The summed E-state index contributed by atoms with van der Waals surface area (Å²) in [4.78, 5) is 13.4. The molecule has 2 radical (unpaired) electrons. The highest BCUT2D eigenvalue weighted by Crippen LogP contribution is 2.44. The maximum Gasteiger partial charge on any atom is 0.259 e. The van der Waals surface area contributed by atoms with Gasteiger partial charge in [-0.3, -0.25) is 0 Å². The lowest BCUT2D eigenvalue weighted by atomic mass is 10.1. The Bertz CT molecular complexity index is 1060. The third-order valence-electron chi connectivity index (χ3n) is 5.26. The fourth-order valence-electron chi connectivity index (χ4n) is 3.70. The molecule has 0 bridgehead atoms. The van der Waals surface area contributed by atoms with Gasteiger partial charge < -0.3 is 25.6 Å². The standard InChI is InChI=1S/C19H22BN7O3/c20-19(28,29)30-15-8-16-23-10-14(27(16)26-17(15)11-3-4-11)13-5-7-22-18(25-13)24-12-2-1-6-21-9-12/h5,7-8,10-12,21,28-29H,1-4,6,9H2,(H,22,24,25). The van der Waals surface area contributed by atoms with E-state index in [2.05, 4.69) is 30.7 Å². The lowest BCUT2D eigenvalue weighted by Gasteiger charge is -2.23. The first kappa shape index (κ1) is 19.2. The van der Waals surface area contributed by atoms with Crippen LogP contribution in [0.2, 0.25) is 0 Å². The van der Waals surface area contributed by atoms with E-state index in [4.69, 9.17) is 12.6 Å². The Morgan fingerprint density at radius 3 is 2.87 bits per heavy atom. The summed E-state index contributed by atoms with van der Waals surface area (Å²) >= 11 is 0. The zero-order valence-corrected chi connectivity index (χ0v) is 16.3. The van der Waals surface area contributed by atoms with Gasteiger partial charge in [0.25, 0.3) is 5.87 Å². The van der Waals surface area contributed by atoms with E-state index in [0.717, 1.165) is 38.8 Å². The first-order chi connectivity index (χ1) is 14.5. The molecule has 0 amide bonds. The van der Waals surface area contributed by atoms with E-state index in [9.17, 15) is 10.2 Å². The largest absolute Gasteiger partial charge is 0.447 e. The summed E-state index contributed by atoms with van der Waals surface area (Å²) in [5, 5.41) is 30.3. The van der Waals surface area contributed by atoms with Crippen LogP contribution in [0.3, 0.4) is 0 Å². The number of aliphatic hydroxyl groups is 2. The van der Waals surface area contributed by atoms with Crippen molar-refractivity contribution < 1.29 is 14.9 Å². The minimum atomic E-state index is -2.78. The number of nitrogens with one attached hydrogen (secondary N) is 2. The predicted octanol–water partition coefficient (Wildman–Crippen LogP) is 0.371. The second-order valence-electron chi connectivity index (χ2n) is 7.80. The van der Waals surface area contributed by atoms with Crippen molar-refractivity contribution in [1.82, 2.24) is 29.9 Å². The van der Waals surface area contributed by atoms with Crippen molar-refractivity contribution in [2.24, 2.45) is 0 Å². The molecule has 2 aliphatic rings. The Labute approximate surface area is 174 Å². The molecule has 11 heteroatoms. The van der Waals surface area contributed by atoms with Gasteiger partial charge in [-0.05, 0) is 38.3 Å². The molecular weight excluding hydrogens is 385 g/mol. The topological polar surface area (TPSA) is 130 Å². The van der Waals surface area contributed by atoms with E-state index in [0.29, 0.717) is 34.7 Å². The number of piperidine rings is 1. The first-order valence-electron chi connectivity index (χ1n) is 10.1. The van der Waals surface area contributed by atoms with Crippen LogP contribution in [0, 0.1) is 0 Å². The molecule has 1 aliphatic heterocycles. The Balaban J connectivity index is 1.49. The number of rotatable bonds is 6. The van der Waals surface area contributed by atoms with Crippen LogP contribution in [0.25, 0.3) is 17.0 Å². The number of ether oxygens (including phenoxy) is 1. The van der Waals surface area contributed by atoms with Crippen LogP contribution in [0.15, 0.2) is 24.5 Å². The van der Waals surface area contributed by atoms with Crippen molar-refractivity contribution in [2.75, 3.05) is 18.4 Å². The molecule has 4 heterocycles. The minimum Gasteiger partial charge on any atom is -0.447 e. The zero-order valence-electron chi connectivity index (χ0n) is 16.3. The molecule has 10 nitrogen and oxygen atoms in total. The van der Waals surface area contributed by atoms with Crippen molar-refractivity contribution in [2.45, 2.75) is 43.5 Å². The SMILES string of the molecule is [B]C(O)(O)Oc1cc2ncc(-c3ccnc(NC4CCCNC4)n3)n2nc1C1CC1. The van der Waals surface area contributed by atoms with Crippen molar-refractivity contribution in [3.63, 3.8) is 0 Å². The van der Waals surface area contributed by atoms with E-state index < -0.39 is 5.87 Å². The van der Waals surface area contributed by atoms with E-state index >= 15 is 0 Å². The van der Waals surface area contributed by atoms with Crippen LogP contribution in [0.4, 0.5) is 5.95 Å². The summed E-state index contributed by atoms with van der Waals surface area (Å²) < 4.78 is 6.77. The van der Waals surface area contributed by atoms with Gasteiger partial charge in [0.2, 0.25) is 13.8 Å². The average molecular weight is 407 g/mol. The molecule has 1 saturated heterocycles. The van der Waals surface area contributed by atoms with Gasteiger partial charge >= 0.3 is 0 Å². The van der Waals surface area contributed by atoms with Crippen LogP contribution >= 0.6 is 0 Å². The van der Waals surface area contributed by atoms with Crippen molar-refractivity contribution in [1.29, 1.82) is 0 Å². The summed E-state index contributed by atoms with van der Waals surface area (Å²) in [5.41, 5.74) is 2.49. The summed E-state index contributed by atoms with van der Waals surface area (Å²) in [5.74, 6) is -1.82. The van der Waals surface area contributed by atoms with Crippen LogP contribution in [-0.4, -0.2) is 67.6 Å². The fraction of sp³-hybridized carbons (Fsp3) is 0.474. The van der Waals surface area contributed by atoms with Crippen LogP contribution in [-0.2, 0) is 0 Å². The average Bonchev–Trinajstić information content (AvgIpc) is 3.47. The van der Waals surface area contributed by atoms with Gasteiger partial charge in [0.15, 0.2) is 11.4 Å². The molecule has 1 unspecified atom stereocenters. The van der Waals surface area contributed by atoms with Gasteiger partial charge in [0.1, 0.15) is 11.4 Å². The van der Waals surface area contributed by atoms with E-state index in [1.807, 2.05) is 6.07 Å². The molecule has 5 rings (SSSR count). The lowest BCUT2D eigenvalue weighted by molar-refractivity contribution is -0.224. The molecule has 0 spiro atoms. The zero-order chi connectivity index (χ0) is 20.7.